The maximum absolute atomic E-state index is 12.3. The number of carbonyl (C=O) groups excluding carboxylic acids is 1. The predicted molar refractivity (Wildman–Crippen MR) is 78.9 cm³/mol. The summed E-state index contributed by atoms with van der Waals surface area (Å²) in [5.41, 5.74) is 7.55. The van der Waals surface area contributed by atoms with Gasteiger partial charge in [-0.15, -0.1) is 0 Å². The zero-order chi connectivity index (χ0) is 13.8. The summed E-state index contributed by atoms with van der Waals surface area (Å²) in [7, 11) is 0. The highest BCUT2D eigenvalue weighted by Crippen LogP contribution is 2.35. The molecule has 0 aromatic heterocycles. The van der Waals surface area contributed by atoms with E-state index in [1.165, 1.54) is 19.3 Å². The average Bonchev–Trinajstić information content (AvgIpc) is 2.74. The van der Waals surface area contributed by atoms with Gasteiger partial charge in [-0.3, -0.25) is 4.79 Å². The van der Waals surface area contributed by atoms with Crippen LogP contribution in [-0.2, 0) is 4.79 Å². The lowest BCUT2D eigenvalue weighted by atomic mass is 9.91. The maximum Gasteiger partial charge on any atom is 0.230 e. The Hall–Kier alpha value is -1.51. The van der Waals surface area contributed by atoms with E-state index >= 15 is 0 Å². The van der Waals surface area contributed by atoms with Crippen LogP contribution in [0.5, 0.6) is 0 Å². The first-order valence-electron chi connectivity index (χ1n) is 7.41. The Morgan fingerprint density at radius 1 is 1.11 bits per heavy atom. The fourth-order valence-electron chi connectivity index (χ4n) is 2.80. The van der Waals surface area contributed by atoms with Gasteiger partial charge in [0.25, 0.3) is 0 Å². The van der Waals surface area contributed by atoms with Gasteiger partial charge in [0.1, 0.15) is 0 Å². The minimum Gasteiger partial charge on any atom is -0.399 e. The van der Waals surface area contributed by atoms with Crippen LogP contribution in [0.25, 0.3) is 0 Å². The summed E-state index contributed by atoms with van der Waals surface area (Å²) in [6, 6.07) is 8.27. The van der Waals surface area contributed by atoms with E-state index in [1.54, 1.807) is 0 Å². The van der Waals surface area contributed by atoms with Crippen LogP contribution in [0.15, 0.2) is 24.3 Å². The largest absolute Gasteiger partial charge is 0.399 e. The predicted octanol–water partition coefficient (Wildman–Crippen LogP) is 3.16. The van der Waals surface area contributed by atoms with Gasteiger partial charge >= 0.3 is 0 Å². The molecule has 1 aromatic carbocycles. The Morgan fingerprint density at radius 2 is 1.74 bits per heavy atom. The molecule has 1 heterocycles. The third-order valence-electron chi connectivity index (χ3n) is 4.09. The second-order valence-electron chi connectivity index (χ2n) is 5.12. The van der Waals surface area contributed by atoms with E-state index in [4.69, 9.17) is 5.73 Å². The molecule has 0 bridgehead atoms. The lowest BCUT2D eigenvalue weighted by molar-refractivity contribution is -0.132. The van der Waals surface area contributed by atoms with E-state index in [-0.39, 0.29) is 5.92 Å². The first-order valence-corrected chi connectivity index (χ1v) is 7.41. The van der Waals surface area contributed by atoms with Crippen molar-refractivity contribution in [3.8, 4) is 0 Å². The molecule has 2 fully saturated rings. The number of nitrogens with zero attached hydrogens (tertiary/aromatic N) is 1. The highest BCUT2D eigenvalue weighted by atomic mass is 16.2. The number of benzene rings is 1. The Balaban J connectivity index is 0.000000637. The van der Waals surface area contributed by atoms with E-state index in [0.29, 0.717) is 11.9 Å². The molecule has 1 amide bonds. The van der Waals surface area contributed by atoms with Crippen LogP contribution >= 0.6 is 0 Å². The molecule has 3 rings (SSSR count). The summed E-state index contributed by atoms with van der Waals surface area (Å²) in [6.07, 6.45) is 4.63. The van der Waals surface area contributed by atoms with Crippen molar-refractivity contribution in [2.45, 2.75) is 51.5 Å². The van der Waals surface area contributed by atoms with Gasteiger partial charge in [0.05, 0.1) is 5.92 Å². The fraction of sp³-hybridized carbons (Fsp3) is 0.562. The molecular weight excluding hydrogens is 236 g/mol. The van der Waals surface area contributed by atoms with E-state index < -0.39 is 0 Å². The SMILES string of the molecule is CC.Nc1ccc(C2CCN(C3CCC3)C2=O)cc1. The summed E-state index contributed by atoms with van der Waals surface area (Å²) in [5.74, 6) is 0.385. The molecule has 3 nitrogen and oxygen atoms in total. The molecule has 2 aliphatic rings. The summed E-state index contributed by atoms with van der Waals surface area (Å²) in [4.78, 5) is 14.4. The minimum absolute atomic E-state index is 0.0659. The van der Waals surface area contributed by atoms with Gasteiger partial charge in [-0.05, 0) is 43.4 Å². The van der Waals surface area contributed by atoms with Gasteiger partial charge in [-0.2, -0.15) is 0 Å². The van der Waals surface area contributed by atoms with Crippen LogP contribution in [0.2, 0.25) is 0 Å². The molecule has 1 aromatic rings. The zero-order valence-electron chi connectivity index (χ0n) is 11.9. The van der Waals surface area contributed by atoms with Crippen LogP contribution in [0.1, 0.15) is 51.0 Å². The second-order valence-corrected chi connectivity index (χ2v) is 5.12. The van der Waals surface area contributed by atoms with Crippen LogP contribution in [0, 0.1) is 0 Å². The highest BCUT2D eigenvalue weighted by Gasteiger charge is 2.38. The normalized spacial score (nSPS) is 22.7. The first kappa shape index (κ1) is 13.9. The zero-order valence-corrected chi connectivity index (χ0v) is 11.9. The minimum atomic E-state index is 0.0659. The van der Waals surface area contributed by atoms with Crippen LogP contribution in [0.3, 0.4) is 0 Å². The topological polar surface area (TPSA) is 46.3 Å². The third-order valence-corrected chi connectivity index (χ3v) is 4.09. The van der Waals surface area contributed by atoms with Crippen molar-refractivity contribution in [1.82, 2.24) is 4.90 Å². The second kappa shape index (κ2) is 6.09. The maximum atomic E-state index is 12.3. The van der Waals surface area contributed by atoms with Gasteiger partial charge in [0, 0.05) is 18.3 Å². The van der Waals surface area contributed by atoms with Gasteiger partial charge < -0.3 is 10.6 Å². The Morgan fingerprint density at radius 3 is 2.26 bits per heavy atom. The van der Waals surface area contributed by atoms with Crippen molar-refractivity contribution in [1.29, 1.82) is 0 Å². The molecule has 104 valence electrons. The standard InChI is InChI=1S/C14H18N2O.C2H6/c15-11-6-4-10(5-7-11)13-8-9-16(14(13)17)12-2-1-3-12;1-2/h4-7,12-13H,1-3,8-9,15H2;1-2H3. The summed E-state index contributed by atoms with van der Waals surface area (Å²) in [6.45, 7) is 4.93. The highest BCUT2D eigenvalue weighted by molar-refractivity contribution is 5.86. The number of rotatable bonds is 2. The molecule has 1 aliphatic carbocycles. The van der Waals surface area contributed by atoms with E-state index in [1.807, 2.05) is 38.1 Å². The lowest BCUT2D eigenvalue weighted by Crippen LogP contribution is -2.41. The number of anilines is 1. The molecule has 1 saturated carbocycles. The first-order chi connectivity index (χ1) is 9.25. The van der Waals surface area contributed by atoms with E-state index in [0.717, 1.165) is 24.2 Å². The van der Waals surface area contributed by atoms with E-state index in [2.05, 4.69) is 4.90 Å². The number of hydrogen-bond acceptors (Lipinski definition) is 2. The molecular formula is C16H24N2O. The summed E-state index contributed by atoms with van der Waals surface area (Å²) in [5, 5.41) is 0. The number of hydrogen-bond donors (Lipinski definition) is 1. The third kappa shape index (κ3) is 2.75. The number of nitrogen functional groups attached to an aromatic ring is 1. The van der Waals surface area contributed by atoms with Crippen molar-refractivity contribution in [2.24, 2.45) is 0 Å². The Labute approximate surface area is 115 Å². The molecule has 0 radical (unpaired) electrons. The lowest BCUT2D eigenvalue weighted by Gasteiger charge is -2.34. The number of amides is 1. The molecule has 1 aliphatic heterocycles. The average molecular weight is 260 g/mol. The molecule has 3 heteroatoms. The van der Waals surface area contributed by atoms with Crippen LogP contribution in [-0.4, -0.2) is 23.4 Å². The number of likely N-dealkylation sites (tertiary alicyclic amines) is 1. The molecule has 1 atom stereocenters. The van der Waals surface area contributed by atoms with Crippen molar-refractivity contribution in [3.05, 3.63) is 29.8 Å². The summed E-state index contributed by atoms with van der Waals surface area (Å²) >= 11 is 0. The molecule has 1 unspecified atom stereocenters. The van der Waals surface area contributed by atoms with Gasteiger partial charge in [-0.25, -0.2) is 0 Å². The fourth-order valence-corrected chi connectivity index (χ4v) is 2.80. The number of nitrogens with two attached hydrogens (primary N) is 1. The monoisotopic (exact) mass is 260 g/mol. The molecule has 19 heavy (non-hydrogen) atoms. The van der Waals surface area contributed by atoms with Crippen molar-refractivity contribution in [2.75, 3.05) is 12.3 Å². The van der Waals surface area contributed by atoms with Crippen molar-refractivity contribution < 1.29 is 4.79 Å². The van der Waals surface area contributed by atoms with E-state index in [9.17, 15) is 4.79 Å². The molecule has 0 spiro atoms. The van der Waals surface area contributed by atoms with Gasteiger partial charge in [-0.1, -0.05) is 26.0 Å². The molecule has 1 saturated heterocycles. The number of carbonyl (C=O) groups is 1. The van der Waals surface area contributed by atoms with Gasteiger partial charge in [0.15, 0.2) is 0 Å². The van der Waals surface area contributed by atoms with Crippen LogP contribution in [0.4, 0.5) is 5.69 Å². The summed E-state index contributed by atoms with van der Waals surface area (Å²) < 4.78 is 0. The van der Waals surface area contributed by atoms with Crippen LogP contribution < -0.4 is 5.73 Å². The quantitative estimate of drug-likeness (QED) is 0.830. The smallest absolute Gasteiger partial charge is 0.230 e. The molecule has 2 N–H and O–H groups in total. The Kier molecular flexibility index (Phi) is 4.46. The van der Waals surface area contributed by atoms with Gasteiger partial charge in [0.2, 0.25) is 5.91 Å². The van der Waals surface area contributed by atoms with Crippen molar-refractivity contribution >= 4 is 11.6 Å². The Bertz CT molecular complexity index is 423. The van der Waals surface area contributed by atoms with Crippen molar-refractivity contribution in [3.63, 3.8) is 0 Å².